The van der Waals surface area contributed by atoms with Gasteiger partial charge in [0.1, 0.15) is 7.85 Å². The predicted molar refractivity (Wildman–Crippen MR) is 172 cm³/mol. The van der Waals surface area contributed by atoms with Crippen LogP contribution in [0.1, 0.15) is 48.3 Å². The zero-order chi connectivity index (χ0) is 27.3. The molecule has 0 saturated heterocycles. The molecule has 0 amide bonds. The third-order valence-electron chi connectivity index (χ3n) is 7.48. The molecule has 2 nitrogen and oxygen atoms in total. The van der Waals surface area contributed by atoms with Crippen LogP contribution in [-0.2, 0) is 5.16 Å². The van der Waals surface area contributed by atoms with Crippen molar-refractivity contribution in [1.82, 2.24) is 9.55 Å². The second kappa shape index (κ2) is 14.3. The van der Waals surface area contributed by atoms with E-state index < -0.39 is 9.52 Å². The highest BCUT2D eigenvalue weighted by Crippen LogP contribution is 2.34. The first-order valence-electron chi connectivity index (χ1n) is 14.0. The van der Waals surface area contributed by atoms with Crippen LogP contribution in [-0.4, -0.2) is 26.9 Å². The number of aromatic nitrogens is 2. The van der Waals surface area contributed by atoms with E-state index >= 15 is 0 Å². The Morgan fingerprint density at radius 1 is 0.795 bits per heavy atom. The summed E-state index contributed by atoms with van der Waals surface area (Å²) >= 11 is 0. The summed E-state index contributed by atoms with van der Waals surface area (Å²) in [5.41, 5.74) is 6.97. The van der Waals surface area contributed by atoms with Crippen molar-refractivity contribution in [1.29, 1.82) is 0 Å². The van der Waals surface area contributed by atoms with Crippen molar-refractivity contribution in [3.63, 3.8) is 0 Å². The number of rotatable bonds is 9. The molecule has 4 heteroatoms. The monoisotopic (exact) mass is 526 g/mol. The van der Waals surface area contributed by atoms with Crippen LogP contribution in [0.25, 0.3) is 0 Å². The van der Waals surface area contributed by atoms with Crippen molar-refractivity contribution in [3.8, 4) is 0 Å². The average molecular weight is 527 g/mol. The molecule has 0 N–H and O–H groups in total. The summed E-state index contributed by atoms with van der Waals surface area (Å²) in [7, 11) is 1.68. The second-order valence-corrected chi connectivity index (χ2v) is 12.1. The molecule has 0 spiro atoms. The van der Waals surface area contributed by atoms with Crippen LogP contribution in [0.5, 0.6) is 0 Å². The van der Waals surface area contributed by atoms with E-state index in [1.165, 1.54) is 33.9 Å². The van der Waals surface area contributed by atoms with Crippen molar-refractivity contribution in [2.45, 2.75) is 37.3 Å². The molecule has 4 aromatic carbocycles. The molecule has 0 bridgehead atoms. The van der Waals surface area contributed by atoms with Gasteiger partial charge < -0.3 is 4.57 Å². The van der Waals surface area contributed by atoms with Crippen molar-refractivity contribution in [3.05, 3.63) is 174 Å². The lowest BCUT2D eigenvalue weighted by atomic mass is 9.76. The minimum atomic E-state index is -0.560. The Kier molecular flexibility index (Phi) is 10.3. The molecule has 1 heterocycles. The molecule has 0 aliphatic carbocycles. The Balaban J connectivity index is 0.000000212. The lowest BCUT2D eigenvalue weighted by molar-refractivity contribution is 0.592. The van der Waals surface area contributed by atoms with Gasteiger partial charge in [-0.2, -0.15) is 0 Å². The molecular formula is C35H39BN2Si. The zero-order valence-electron chi connectivity index (χ0n) is 23.4. The number of hydrogen-bond acceptors (Lipinski definition) is 1. The normalized spacial score (nSPS) is 11.9. The Labute approximate surface area is 237 Å². The van der Waals surface area contributed by atoms with Gasteiger partial charge in [0, 0.05) is 12.4 Å². The highest BCUT2D eigenvalue weighted by atomic mass is 28.2. The molecule has 0 saturated carbocycles. The molecule has 0 fully saturated rings. The van der Waals surface area contributed by atoms with Gasteiger partial charge in [0.25, 0.3) is 0 Å². The number of imidazole rings is 1. The minimum absolute atomic E-state index is 0.109. The molecule has 5 rings (SSSR count). The molecule has 5 aromatic rings. The van der Waals surface area contributed by atoms with Crippen LogP contribution in [0.3, 0.4) is 0 Å². The zero-order valence-corrected chi connectivity index (χ0v) is 24.9. The quantitative estimate of drug-likeness (QED) is 0.150. The maximum Gasteiger partial charge on any atom is 0.116 e. The standard InChI is InChI=1S/C22H26N2Si.C13H13B/c1-3-10-19(2)17-25-22(24-16-15-23-18-24,20-11-6-4-7-12-20)21-13-8-5-9-14-21;14-13(11-7-3-1-4-8-11)12-9-5-2-6-10-12/h4-16,18H,3,17,25H2,1-2H3;1-10,13H,14H2. The summed E-state index contributed by atoms with van der Waals surface area (Å²) in [6, 6.07) is 44.2. The van der Waals surface area contributed by atoms with Crippen LogP contribution in [0.15, 0.2) is 152 Å². The van der Waals surface area contributed by atoms with Gasteiger partial charge in [0.05, 0.1) is 21.0 Å². The van der Waals surface area contributed by atoms with E-state index in [0.717, 1.165) is 6.42 Å². The molecule has 1 aromatic heterocycles. The van der Waals surface area contributed by atoms with Gasteiger partial charge >= 0.3 is 0 Å². The fourth-order valence-corrected chi connectivity index (χ4v) is 7.75. The maximum absolute atomic E-state index is 4.37. The number of hydrogen-bond donors (Lipinski definition) is 0. The van der Waals surface area contributed by atoms with Crippen LogP contribution in [0.2, 0.25) is 6.04 Å². The van der Waals surface area contributed by atoms with E-state index in [1.54, 1.807) is 0 Å². The summed E-state index contributed by atoms with van der Waals surface area (Å²) < 4.78 is 2.32. The van der Waals surface area contributed by atoms with Gasteiger partial charge in [-0.1, -0.05) is 140 Å². The predicted octanol–water partition coefficient (Wildman–Crippen LogP) is 6.99. The lowest BCUT2D eigenvalue weighted by Crippen LogP contribution is -2.41. The fourth-order valence-electron chi connectivity index (χ4n) is 5.30. The highest BCUT2D eigenvalue weighted by molar-refractivity contribution is 6.42. The number of nitrogens with zero attached hydrogens (tertiary/aromatic N) is 2. The summed E-state index contributed by atoms with van der Waals surface area (Å²) in [6.07, 6.45) is 9.46. The largest absolute Gasteiger partial charge is 0.327 e. The summed E-state index contributed by atoms with van der Waals surface area (Å²) in [6.45, 7) is 4.48. The van der Waals surface area contributed by atoms with Crippen LogP contribution in [0, 0.1) is 0 Å². The number of allylic oxidation sites excluding steroid dienone is 2. The average Bonchev–Trinajstić information content (AvgIpc) is 3.55. The first kappa shape index (κ1) is 28.1. The first-order valence-corrected chi connectivity index (χ1v) is 15.7. The van der Waals surface area contributed by atoms with Gasteiger partial charge in [-0.05, 0) is 47.5 Å². The molecule has 0 radical (unpaired) electrons. The van der Waals surface area contributed by atoms with Crippen LogP contribution in [0.4, 0.5) is 0 Å². The third kappa shape index (κ3) is 7.16. The number of benzene rings is 4. The fraction of sp³-hybridized carbons (Fsp3) is 0.171. The molecule has 0 aliphatic rings. The van der Waals surface area contributed by atoms with Crippen molar-refractivity contribution in [2.75, 3.05) is 0 Å². The minimum Gasteiger partial charge on any atom is -0.327 e. The molecule has 39 heavy (non-hydrogen) atoms. The summed E-state index contributed by atoms with van der Waals surface area (Å²) in [5, 5.41) is -0.109. The SMILES string of the molecule is BC(c1ccccc1)c1ccccc1.CCC=C(C)C[SiH2]C(c1ccccc1)(c1ccccc1)n1ccnc1. The van der Waals surface area contributed by atoms with E-state index in [1.807, 2.05) is 12.5 Å². The topological polar surface area (TPSA) is 17.8 Å². The van der Waals surface area contributed by atoms with E-state index in [4.69, 9.17) is 0 Å². The van der Waals surface area contributed by atoms with Gasteiger partial charge in [-0.25, -0.2) is 4.98 Å². The highest BCUT2D eigenvalue weighted by Gasteiger charge is 2.35. The molecular weight excluding hydrogens is 487 g/mol. The van der Waals surface area contributed by atoms with Gasteiger partial charge in [0.15, 0.2) is 0 Å². The molecule has 0 unspecified atom stereocenters. The Hall–Kier alpha value is -3.89. The van der Waals surface area contributed by atoms with Gasteiger partial charge in [0.2, 0.25) is 0 Å². The van der Waals surface area contributed by atoms with E-state index in [9.17, 15) is 0 Å². The van der Waals surface area contributed by atoms with Crippen molar-refractivity contribution >= 4 is 17.4 Å². The van der Waals surface area contributed by atoms with E-state index in [0.29, 0.717) is 5.82 Å². The maximum atomic E-state index is 4.37. The second-order valence-electron chi connectivity index (χ2n) is 10.1. The van der Waals surface area contributed by atoms with E-state index in [-0.39, 0.29) is 5.16 Å². The van der Waals surface area contributed by atoms with Crippen LogP contribution >= 0.6 is 0 Å². The summed E-state index contributed by atoms with van der Waals surface area (Å²) in [4.78, 5) is 4.37. The molecule has 196 valence electrons. The van der Waals surface area contributed by atoms with Crippen molar-refractivity contribution in [2.24, 2.45) is 0 Å². The van der Waals surface area contributed by atoms with Gasteiger partial charge in [-0.15, -0.1) is 0 Å². The van der Waals surface area contributed by atoms with Gasteiger partial charge in [-0.3, -0.25) is 0 Å². The Bertz CT molecular complexity index is 1310. The Morgan fingerprint density at radius 2 is 1.26 bits per heavy atom. The molecule has 0 atom stereocenters. The third-order valence-corrected chi connectivity index (χ3v) is 10.4. The smallest absolute Gasteiger partial charge is 0.116 e. The van der Waals surface area contributed by atoms with E-state index in [2.05, 4.69) is 165 Å². The first-order chi connectivity index (χ1) is 19.1. The summed E-state index contributed by atoms with van der Waals surface area (Å²) in [5.74, 6) is 0.484. The van der Waals surface area contributed by atoms with Crippen LogP contribution < -0.4 is 0 Å². The lowest BCUT2D eigenvalue weighted by Gasteiger charge is -2.37. The Morgan fingerprint density at radius 3 is 1.67 bits per heavy atom. The van der Waals surface area contributed by atoms with Crippen molar-refractivity contribution < 1.29 is 0 Å². The molecule has 0 aliphatic heterocycles.